The lowest BCUT2D eigenvalue weighted by Gasteiger charge is -2.10. The Morgan fingerprint density at radius 3 is 2.23 bits per heavy atom. The molecule has 1 aromatic heterocycles. The molecule has 0 aliphatic rings. The molecule has 0 saturated carbocycles. The van der Waals surface area contributed by atoms with E-state index in [1.54, 1.807) is 6.21 Å². The predicted molar refractivity (Wildman–Crippen MR) is 164 cm³/mol. The molecule has 0 saturated heterocycles. The lowest BCUT2D eigenvalue weighted by Crippen LogP contribution is -2.20. The second kappa shape index (κ2) is 11.3. The van der Waals surface area contributed by atoms with Crippen LogP contribution in [0.5, 0.6) is 0 Å². The van der Waals surface area contributed by atoms with E-state index < -0.39 is 0 Å². The molecular weight excluding hydrogens is 538 g/mol. The standard InChI is InChI=1S/C32H24ClN5OS/c1-21-10-12-22(13-11-21)31-36-37-32(38(31)26-16-14-25(33)15-17-26)40-20-30(39)35-34-19-29-27-8-4-2-6-23(27)18-24-7-3-5-9-28(24)29/h2-19H,20H2,1H3,(H,35,39). The van der Waals surface area contributed by atoms with E-state index in [4.69, 9.17) is 11.6 Å². The summed E-state index contributed by atoms with van der Waals surface area (Å²) in [5.74, 6) is 0.562. The number of nitrogens with zero attached hydrogens (tertiary/aromatic N) is 4. The molecule has 1 N–H and O–H groups in total. The zero-order valence-corrected chi connectivity index (χ0v) is 23.2. The molecule has 0 atom stereocenters. The number of aromatic nitrogens is 3. The quantitative estimate of drug-likeness (QED) is 0.0951. The summed E-state index contributed by atoms with van der Waals surface area (Å²) in [5, 5.41) is 18.8. The number of amides is 1. The van der Waals surface area contributed by atoms with Gasteiger partial charge in [0.25, 0.3) is 5.91 Å². The van der Waals surface area contributed by atoms with E-state index in [0.29, 0.717) is 16.0 Å². The van der Waals surface area contributed by atoms with Crippen LogP contribution in [0.4, 0.5) is 0 Å². The highest BCUT2D eigenvalue weighted by Crippen LogP contribution is 2.29. The number of halogens is 1. The molecule has 1 heterocycles. The smallest absolute Gasteiger partial charge is 0.250 e. The summed E-state index contributed by atoms with van der Waals surface area (Å²) in [7, 11) is 0. The number of benzene rings is 5. The fourth-order valence-corrected chi connectivity index (χ4v) is 5.47. The van der Waals surface area contributed by atoms with Gasteiger partial charge >= 0.3 is 0 Å². The molecule has 8 heteroatoms. The molecule has 0 aliphatic carbocycles. The number of rotatable bonds is 7. The van der Waals surface area contributed by atoms with Gasteiger partial charge in [-0.3, -0.25) is 9.36 Å². The molecule has 6 aromatic rings. The SMILES string of the molecule is Cc1ccc(-c2nnc(SCC(=O)NN=Cc3c4ccccc4cc4ccccc34)n2-c2ccc(Cl)cc2)cc1. The number of hydrogen-bond acceptors (Lipinski definition) is 5. The molecule has 0 fully saturated rings. The molecule has 0 unspecified atom stereocenters. The monoisotopic (exact) mass is 561 g/mol. The maximum Gasteiger partial charge on any atom is 0.250 e. The summed E-state index contributed by atoms with van der Waals surface area (Å²) in [6, 6.07) is 34.1. The van der Waals surface area contributed by atoms with Crippen LogP contribution in [0.3, 0.4) is 0 Å². The lowest BCUT2D eigenvalue weighted by molar-refractivity contribution is -0.118. The van der Waals surface area contributed by atoms with Crippen molar-refractivity contribution in [3.8, 4) is 17.1 Å². The largest absolute Gasteiger partial charge is 0.272 e. The number of carbonyl (C=O) groups excluding carboxylic acids is 1. The van der Waals surface area contributed by atoms with Crippen molar-refractivity contribution in [3.05, 3.63) is 119 Å². The summed E-state index contributed by atoms with van der Waals surface area (Å²) in [6.45, 7) is 2.04. The minimum absolute atomic E-state index is 0.118. The van der Waals surface area contributed by atoms with Crippen LogP contribution in [0.2, 0.25) is 5.02 Å². The van der Waals surface area contributed by atoms with Crippen molar-refractivity contribution >= 4 is 57.0 Å². The Hall–Kier alpha value is -4.46. The van der Waals surface area contributed by atoms with Gasteiger partial charge < -0.3 is 0 Å². The van der Waals surface area contributed by atoms with Crippen molar-refractivity contribution in [3.63, 3.8) is 0 Å². The van der Waals surface area contributed by atoms with E-state index in [2.05, 4.69) is 51.1 Å². The maximum atomic E-state index is 12.8. The summed E-state index contributed by atoms with van der Waals surface area (Å²) in [4.78, 5) is 12.8. The Bertz CT molecular complexity index is 1810. The normalized spacial score (nSPS) is 11.4. The van der Waals surface area contributed by atoms with E-state index in [1.807, 2.05) is 84.3 Å². The molecule has 6 rings (SSSR count). The Morgan fingerprint density at radius 1 is 0.900 bits per heavy atom. The Labute approximate surface area is 240 Å². The van der Waals surface area contributed by atoms with Gasteiger partial charge in [0.15, 0.2) is 11.0 Å². The van der Waals surface area contributed by atoms with E-state index in [1.165, 1.54) is 11.8 Å². The Balaban J connectivity index is 1.23. The third kappa shape index (κ3) is 5.34. The molecule has 0 spiro atoms. The van der Waals surface area contributed by atoms with Crippen molar-refractivity contribution in [2.45, 2.75) is 12.1 Å². The van der Waals surface area contributed by atoms with Crippen LogP contribution in [0, 0.1) is 6.92 Å². The Morgan fingerprint density at radius 2 is 1.55 bits per heavy atom. The summed E-state index contributed by atoms with van der Waals surface area (Å²) in [5.41, 5.74) is 6.58. The number of fused-ring (bicyclic) bond motifs is 2. The van der Waals surface area contributed by atoms with Crippen LogP contribution in [0.1, 0.15) is 11.1 Å². The van der Waals surface area contributed by atoms with Crippen molar-refractivity contribution in [1.29, 1.82) is 0 Å². The zero-order chi connectivity index (χ0) is 27.5. The summed E-state index contributed by atoms with van der Waals surface area (Å²) >= 11 is 7.43. The summed E-state index contributed by atoms with van der Waals surface area (Å²) in [6.07, 6.45) is 1.72. The third-order valence-electron chi connectivity index (χ3n) is 6.56. The van der Waals surface area contributed by atoms with Crippen LogP contribution in [0.25, 0.3) is 38.6 Å². The first-order chi connectivity index (χ1) is 19.6. The van der Waals surface area contributed by atoms with E-state index in [9.17, 15) is 4.79 Å². The third-order valence-corrected chi connectivity index (χ3v) is 7.74. The van der Waals surface area contributed by atoms with E-state index in [-0.39, 0.29) is 11.7 Å². The molecule has 1 amide bonds. The molecule has 0 aliphatic heterocycles. The molecule has 40 heavy (non-hydrogen) atoms. The van der Waals surface area contributed by atoms with E-state index in [0.717, 1.165) is 43.9 Å². The second-order valence-electron chi connectivity index (χ2n) is 9.30. The van der Waals surface area contributed by atoms with Gasteiger partial charge in [-0.25, -0.2) is 5.43 Å². The number of aryl methyl sites for hydroxylation is 1. The average molecular weight is 562 g/mol. The second-order valence-corrected chi connectivity index (χ2v) is 10.7. The van der Waals surface area contributed by atoms with Crippen molar-refractivity contribution in [1.82, 2.24) is 20.2 Å². The maximum absolute atomic E-state index is 12.8. The minimum atomic E-state index is -0.242. The van der Waals surface area contributed by atoms with Crippen molar-refractivity contribution < 1.29 is 4.79 Å². The topological polar surface area (TPSA) is 72.2 Å². The van der Waals surface area contributed by atoms with Gasteiger partial charge in [-0.2, -0.15) is 5.10 Å². The highest BCUT2D eigenvalue weighted by molar-refractivity contribution is 7.99. The van der Waals surface area contributed by atoms with Gasteiger partial charge in [-0.05, 0) is 58.8 Å². The fourth-order valence-electron chi connectivity index (χ4n) is 4.60. The number of carbonyl (C=O) groups is 1. The Kier molecular flexibility index (Phi) is 7.31. The first-order valence-corrected chi connectivity index (χ1v) is 14.1. The number of thioether (sulfide) groups is 1. The number of hydrazone groups is 1. The predicted octanol–water partition coefficient (Wildman–Crippen LogP) is 7.44. The summed E-state index contributed by atoms with van der Waals surface area (Å²) < 4.78 is 1.93. The van der Waals surface area contributed by atoms with Crippen LogP contribution in [0.15, 0.2) is 113 Å². The minimum Gasteiger partial charge on any atom is -0.272 e. The highest BCUT2D eigenvalue weighted by atomic mass is 35.5. The van der Waals surface area contributed by atoms with Crippen LogP contribution >= 0.6 is 23.4 Å². The first kappa shape index (κ1) is 25.8. The highest BCUT2D eigenvalue weighted by Gasteiger charge is 2.17. The van der Waals surface area contributed by atoms with Gasteiger partial charge in [-0.15, -0.1) is 10.2 Å². The van der Waals surface area contributed by atoms with Gasteiger partial charge in [0.1, 0.15) is 0 Å². The number of nitrogens with one attached hydrogen (secondary N) is 1. The average Bonchev–Trinajstić information content (AvgIpc) is 3.40. The zero-order valence-electron chi connectivity index (χ0n) is 21.6. The van der Waals surface area contributed by atoms with Crippen LogP contribution < -0.4 is 5.43 Å². The lowest BCUT2D eigenvalue weighted by atomic mass is 9.97. The molecule has 6 nitrogen and oxygen atoms in total. The molecule has 0 radical (unpaired) electrons. The number of hydrogen-bond donors (Lipinski definition) is 1. The van der Waals surface area contributed by atoms with Crippen LogP contribution in [-0.4, -0.2) is 32.6 Å². The van der Waals surface area contributed by atoms with Gasteiger partial charge in [0.2, 0.25) is 0 Å². The molecule has 5 aromatic carbocycles. The van der Waals surface area contributed by atoms with Crippen LogP contribution in [-0.2, 0) is 4.79 Å². The molecular formula is C32H24ClN5OS. The van der Waals surface area contributed by atoms with Gasteiger partial charge in [-0.1, -0.05) is 102 Å². The fraction of sp³-hybridized carbons (Fsp3) is 0.0625. The van der Waals surface area contributed by atoms with Gasteiger partial charge in [0.05, 0.1) is 12.0 Å². The molecule has 196 valence electrons. The van der Waals surface area contributed by atoms with Gasteiger partial charge in [0, 0.05) is 21.8 Å². The van der Waals surface area contributed by atoms with E-state index >= 15 is 0 Å². The van der Waals surface area contributed by atoms with Crippen molar-refractivity contribution in [2.75, 3.05) is 5.75 Å². The molecule has 0 bridgehead atoms. The van der Waals surface area contributed by atoms with Crippen molar-refractivity contribution in [2.24, 2.45) is 5.10 Å². The first-order valence-electron chi connectivity index (χ1n) is 12.7.